The number of carbonyl (C=O) groups is 2. The molecule has 2 rings (SSSR count). The molecule has 5 N–H and O–H groups in total. The molecule has 1 aromatic carbocycles. The predicted octanol–water partition coefficient (Wildman–Crippen LogP) is 1.62. The van der Waals surface area contributed by atoms with Gasteiger partial charge in [0.2, 0.25) is 0 Å². The van der Waals surface area contributed by atoms with Crippen molar-refractivity contribution in [3.05, 3.63) is 35.9 Å². The molecule has 1 aliphatic heterocycles. The normalized spacial score (nSPS) is 18.9. The van der Waals surface area contributed by atoms with Crippen molar-refractivity contribution in [3.63, 3.8) is 0 Å². The number of rotatable bonds is 7. The Kier molecular flexibility index (Phi) is 9.72. The monoisotopic (exact) mass is 410 g/mol. The summed E-state index contributed by atoms with van der Waals surface area (Å²) in [4.78, 5) is 18.2. The van der Waals surface area contributed by atoms with Gasteiger partial charge in [-0.05, 0) is 46.1 Å². The number of benzene rings is 1. The fraction of sp³-hybridized carbons (Fsp3) is 0.619. The van der Waals surface area contributed by atoms with Crippen molar-refractivity contribution in [2.45, 2.75) is 70.4 Å². The van der Waals surface area contributed by atoms with Crippen LogP contribution in [0.2, 0.25) is 0 Å². The van der Waals surface area contributed by atoms with E-state index >= 15 is 0 Å². The third-order valence-corrected chi connectivity index (χ3v) is 4.44. The van der Waals surface area contributed by atoms with Gasteiger partial charge in [0.1, 0.15) is 0 Å². The van der Waals surface area contributed by atoms with Crippen molar-refractivity contribution in [1.29, 1.82) is 0 Å². The van der Waals surface area contributed by atoms with Gasteiger partial charge in [0.05, 0.1) is 19.3 Å². The van der Waals surface area contributed by atoms with Crippen LogP contribution in [0.5, 0.6) is 0 Å². The number of carboxylic acid groups (broad SMARTS) is 2. The number of hydrogen-bond donors (Lipinski definition) is 5. The number of aliphatic hydroxyl groups is 1. The maximum atomic E-state index is 10.1. The van der Waals surface area contributed by atoms with E-state index in [1.54, 1.807) is 0 Å². The summed E-state index contributed by atoms with van der Waals surface area (Å²) in [6, 6.07) is 10.5. The van der Waals surface area contributed by atoms with Gasteiger partial charge in [0.15, 0.2) is 0 Å². The highest BCUT2D eigenvalue weighted by Crippen LogP contribution is 2.28. The minimum Gasteiger partial charge on any atom is -0.473 e. The number of hydrogen-bond acceptors (Lipinski definition) is 6. The largest absolute Gasteiger partial charge is 0.473 e. The summed E-state index contributed by atoms with van der Waals surface area (Å²) < 4.78 is 5.60. The summed E-state index contributed by atoms with van der Waals surface area (Å²) in [6.07, 6.45) is 1.65. The molecule has 0 bridgehead atoms. The van der Waals surface area contributed by atoms with E-state index in [0.29, 0.717) is 25.8 Å². The Morgan fingerprint density at radius 3 is 2.10 bits per heavy atom. The zero-order valence-corrected chi connectivity index (χ0v) is 17.6. The molecule has 8 heteroatoms. The molecule has 0 amide bonds. The summed E-state index contributed by atoms with van der Waals surface area (Å²) in [7, 11) is 0. The molecule has 8 nitrogen and oxygen atoms in total. The van der Waals surface area contributed by atoms with Crippen molar-refractivity contribution in [1.82, 2.24) is 10.6 Å². The van der Waals surface area contributed by atoms with Crippen LogP contribution in [0.25, 0.3) is 0 Å². The quantitative estimate of drug-likeness (QED) is 0.429. The van der Waals surface area contributed by atoms with E-state index < -0.39 is 18.0 Å². The van der Waals surface area contributed by atoms with E-state index in [9.17, 15) is 5.11 Å². The number of nitrogens with one attached hydrogen (secondary N) is 2. The van der Waals surface area contributed by atoms with E-state index in [2.05, 4.69) is 38.3 Å². The summed E-state index contributed by atoms with van der Waals surface area (Å²) in [5.74, 6) is -3.65. The molecular weight excluding hydrogens is 376 g/mol. The van der Waals surface area contributed by atoms with Gasteiger partial charge in [0, 0.05) is 23.7 Å². The second-order valence-electron chi connectivity index (χ2n) is 8.67. The van der Waals surface area contributed by atoms with Gasteiger partial charge in [-0.25, -0.2) is 9.59 Å². The molecule has 1 aliphatic rings. The van der Waals surface area contributed by atoms with Crippen LogP contribution in [0, 0.1) is 0 Å². The molecule has 0 aromatic heterocycles. The first-order valence-electron chi connectivity index (χ1n) is 9.69. The zero-order chi connectivity index (χ0) is 22.1. The third kappa shape index (κ3) is 10.9. The molecule has 1 saturated heterocycles. The molecular formula is C21H34N2O6. The van der Waals surface area contributed by atoms with E-state index in [4.69, 9.17) is 24.5 Å². The molecule has 29 heavy (non-hydrogen) atoms. The Hall–Kier alpha value is -2.00. The highest BCUT2D eigenvalue weighted by atomic mass is 16.5. The molecule has 164 valence electrons. The van der Waals surface area contributed by atoms with Crippen molar-refractivity contribution >= 4 is 11.9 Å². The van der Waals surface area contributed by atoms with Crippen LogP contribution in [0.4, 0.5) is 0 Å². The molecule has 0 spiro atoms. The molecule has 0 saturated carbocycles. The second-order valence-corrected chi connectivity index (χ2v) is 8.67. The lowest BCUT2D eigenvalue weighted by molar-refractivity contribution is -0.159. The maximum absolute atomic E-state index is 10.1. The lowest BCUT2D eigenvalue weighted by atomic mass is 9.79. The van der Waals surface area contributed by atoms with Crippen molar-refractivity contribution < 1.29 is 29.6 Å². The lowest BCUT2D eigenvalue weighted by Crippen LogP contribution is -2.62. The van der Waals surface area contributed by atoms with Crippen LogP contribution in [0.15, 0.2) is 30.3 Å². The minimum atomic E-state index is -1.82. The first-order chi connectivity index (χ1) is 13.4. The fourth-order valence-corrected chi connectivity index (χ4v) is 3.72. The fourth-order valence-electron chi connectivity index (χ4n) is 3.72. The van der Waals surface area contributed by atoms with Gasteiger partial charge in [-0.15, -0.1) is 0 Å². The lowest BCUT2D eigenvalue weighted by Gasteiger charge is -2.47. The smallest absolute Gasteiger partial charge is 0.414 e. The number of piperidine rings is 1. The predicted molar refractivity (Wildman–Crippen MR) is 110 cm³/mol. The Morgan fingerprint density at radius 1 is 1.10 bits per heavy atom. The Labute approximate surface area is 172 Å². The molecule has 1 fully saturated rings. The number of aliphatic hydroxyl groups excluding tert-OH is 1. The average molecular weight is 411 g/mol. The van der Waals surface area contributed by atoms with Crippen LogP contribution in [-0.2, 0) is 20.9 Å². The van der Waals surface area contributed by atoms with Gasteiger partial charge in [-0.1, -0.05) is 30.3 Å². The SMILES string of the molecule is CC1(C)CC(NCC(O)COCc2ccccc2)CC(C)(C)N1.O=C(O)C(=O)O. The second kappa shape index (κ2) is 11.3. The van der Waals surface area contributed by atoms with Crippen LogP contribution in [0.1, 0.15) is 46.1 Å². The molecule has 1 aromatic rings. The number of ether oxygens (including phenoxy) is 1. The van der Waals surface area contributed by atoms with E-state index in [-0.39, 0.29) is 11.1 Å². The Balaban J connectivity index is 0.000000612. The van der Waals surface area contributed by atoms with Gasteiger partial charge >= 0.3 is 11.9 Å². The first kappa shape index (κ1) is 25.0. The zero-order valence-electron chi connectivity index (χ0n) is 17.6. The average Bonchev–Trinajstić information content (AvgIpc) is 2.59. The van der Waals surface area contributed by atoms with Gasteiger partial charge in [0.25, 0.3) is 0 Å². The number of aliphatic carboxylic acids is 2. The molecule has 0 radical (unpaired) electrons. The van der Waals surface area contributed by atoms with E-state index in [1.807, 2.05) is 30.3 Å². The first-order valence-corrected chi connectivity index (χ1v) is 9.69. The summed E-state index contributed by atoms with van der Waals surface area (Å²) in [6.45, 7) is 10.4. The van der Waals surface area contributed by atoms with E-state index in [0.717, 1.165) is 18.4 Å². The standard InChI is InChI=1S/C19H32N2O2.C2H2O4/c1-18(2)10-16(11-19(3,4)21-18)20-12-17(22)14-23-13-15-8-6-5-7-9-15;3-1(4)2(5)6/h5-9,16-17,20-22H,10-14H2,1-4H3;(H,3,4)(H,5,6). The van der Waals surface area contributed by atoms with Crippen molar-refractivity contribution in [2.24, 2.45) is 0 Å². The van der Waals surface area contributed by atoms with Crippen LogP contribution < -0.4 is 10.6 Å². The molecule has 1 atom stereocenters. The highest BCUT2D eigenvalue weighted by molar-refractivity contribution is 6.27. The number of carboxylic acids is 2. The van der Waals surface area contributed by atoms with Crippen LogP contribution in [-0.4, -0.2) is 63.6 Å². The molecule has 0 aliphatic carbocycles. The van der Waals surface area contributed by atoms with Crippen molar-refractivity contribution in [3.8, 4) is 0 Å². The molecule has 1 unspecified atom stereocenters. The Bertz CT molecular complexity index is 620. The maximum Gasteiger partial charge on any atom is 0.414 e. The summed E-state index contributed by atoms with van der Waals surface area (Å²) in [5.41, 5.74) is 1.37. The topological polar surface area (TPSA) is 128 Å². The van der Waals surface area contributed by atoms with Crippen molar-refractivity contribution in [2.75, 3.05) is 13.2 Å². The highest BCUT2D eigenvalue weighted by Gasteiger charge is 2.37. The summed E-state index contributed by atoms with van der Waals surface area (Å²) >= 11 is 0. The third-order valence-electron chi connectivity index (χ3n) is 4.44. The van der Waals surface area contributed by atoms with Gasteiger partial charge < -0.3 is 30.7 Å². The minimum absolute atomic E-state index is 0.119. The van der Waals surface area contributed by atoms with Crippen LogP contribution in [0.3, 0.4) is 0 Å². The van der Waals surface area contributed by atoms with Gasteiger partial charge in [-0.3, -0.25) is 0 Å². The van der Waals surface area contributed by atoms with Crippen LogP contribution >= 0.6 is 0 Å². The Morgan fingerprint density at radius 2 is 1.62 bits per heavy atom. The van der Waals surface area contributed by atoms with Gasteiger partial charge in [-0.2, -0.15) is 0 Å². The summed E-state index contributed by atoms with van der Waals surface area (Å²) in [5, 5.41) is 32.1. The molecule has 1 heterocycles. The van der Waals surface area contributed by atoms with E-state index in [1.165, 1.54) is 0 Å².